The summed E-state index contributed by atoms with van der Waals surface area (Å²) in [6.45, 7) is 0. The molecule has 2 heterocycles. The molecule has 288 valence electrons. The van der Waals surface area contributed by atoms with Gasteiger partial charge in [-0.1, -0.05) is 152 Å². The molecule has 0 saturated carbocycles. The molecule has 0 N–H and O–H groups in total. The fourth-order valence-electron chi connectivity index (χ4n) is 10.8. The first-order chi connectivity index (χ1) is 29.7. The van der Waals surface area contributed by atoms with Crippen LogP contribution in [0.5, 0.6) is 0 Å². The summed E-state index contributed by atoms with van der Waals surface area (Å²) in [5, 5.41) is 4.19. The van der Waals surface area contributed by atoms with Gasteiger partial charge in [0.15, 0.2) is 0 Å². The van der Waals surface area contributed by atoms with E-state index in [0.717, 1.165) is 25.7 Å². The van der Waals surface area contributed by atoms with Gasteiger partial charge in [-0.25, -0.2) is 0 Å². The molecule has 0 spiro atoms. The normalized spacial score (nSPS) is 14.8. The molecule has 0 fully saturated rings. The summed E-state index contributed by atoms with van der Waals surface area (Å²) in [6.07, 6.45) is 17.5. The first kappa shape index (κ1) is 35.1. The summed E-state index contributed by atoms with van der Waals surface area (Å²) in [4.78, 5) is 2.30. The minimum absolute atomic E-state index is 1.03. The quantitative estimate of drug-likeness (QED) is 0.173. The van der Waals surface area contributed by atoms with E-state index < -0.39 is 0 Å². The Balaban J connectivity index is 0.000000132. The zero-order chi connectivity index (χ0) is 39.7. The number of anilines is 2. The lowest BCUT2D eigenvalue weighted by atomic mass is 9.94. The number of nitrogens with zero attached hydrogens (tertiary/aromatic N) is 2. The summed E-state index contributed by atoms with van der Waals surface area (Å²) >= 11 is 0. The van der Waals surface area contributed by atoms with Gasteiger partial charge in [0, 0.05) is 51.4 Å². The Kier molecular flexibility index (Phi) is 8.27. The fourth-order valence-corrected chi connectivity index (χ4v) is 10.8. The molecule has 0 radical (unpaired) electrons. The number of benzene rings is 7. The summed E-state index contributed by atoms with van der Waals surface area (Å²) in [5.41, 5.74) is 25.0. The van der Waals surface area contributed by atoms with Crippen molar-refractivity contribution in [3.05, 3.63) is 209 Å². The third-order valence-electron chi connectivity index (χ3n) is 13.7. The second-order valence-electron chi connectivity index (χ2n) is 17.0. The summed E-state index contributed by atoms with van der Waals surface area (Å²) < 4.78 is 2.56. The largest absolute Gasteiger partial charge is 0.344 e. The van der Waals surface area contributed by atoms with E-state index in [0.29, 0.717) is 0 Å². The molecule has 9 aromatic rings. The summed E-state index contributed by atoms with van der Waals surface area (Å²) in [5.74, 6) is 0. The van der Waals surface area contributed by atoms with Crippen LogP contribution in [0.1, 0.15) is 59.2 Å². The number of hydrogen-bond donors (Lipinski definition) is 0. The molecule has 7 aromatic carbocycles. The zero-order valence-corrected chi connectivity index (χ0v) is 34.1. The standard InChI is InChI=1S/C32H25N.C26H21N/c1-2-8-20-18-22-19-21(16-17-24(22)23(20)9-3-1)25-11-7-15-30-31(25)28-13-6-12-27-26-10-4-5-14-29(26)33(30)32(27)28;1-27(23-16-14-20(15-17-23)19-8-3-2-4-9-19)25-13-7-11-22-18-21-10-5-6-12-24(21)26(22)25/h2,4,6-8,10-13,15-17,19H,1,3,5,9,14,18H2;2-17H,18H2,1H3. The van der Waals surface area contributed by atoms with Crippen LogP contribution in [0, 0.1) is 0 Å². The lowest BCUT2D eigenvalue weighted by Crippen LogP contribution is -2.10. The number of rotatable bonds is 4. The van der Waals surface area contributed by atoms with Crippen molar-refractivity contribution >= 4 is 50.2 Å². The SMILES string of the molecule is C1=CC2=C(CCC1)c1ccc(-c3cccc4c3c3cccc5c6c(n4c53)CCC=C6)cc1C2.CN(c1ccc(-c2ccccc2)cc1)c1cccc2c1-c1ccccc1C2. The number of aromatic nitrogens is 1. The first-order valence-corrected chi connectivity index (χ1v) is 21.8. The van der Waals surface area contributed by atoms with Crippen molar-refractivity contribution in [2.45, 2.75) is 44.9 Å². The molecule has 2 aromatic heterocycles. The van der Waals surface area contributed by atoms with Gasteiger partial charge in [0.2, 0.25) is 0 Å². The second kappa shape index (κ2) is 14.1. The van der Waals surface area contributed by atoms with E-state index in [1.807, 2.05) is 0 Å². The number of allylic oxidation sites excluding steroid dienone is 5. The van der Waals surface area contributed by atoms with Gasteiger partial charge < -0.3 is 9.30 Å². The first-order valence-electron chi connectivity index (χ1n) is 21.8. The van der Waals surface area contributed by atoms with Crippen molar-refractivity contribution in [3.8, 4) is 33.4 Å². The monoisotopic (exact) mass is 770 g/mol. The van der Waals surface area contributed by atoms with Crippen LogP contribution >= 0.6 is 0 Å². The molecule has 4 aliphatic rings. The Labute approximate surface area is 352 Å². The lowest BCUT2D eigenvalue weighted by Gasteiger charge is -2.23. The van der Waals surface area contributed by atoms with E-state index >= 15 is 0 Å². The van der Waals surface area contributed by atoms with Crippen LogP contribution in [0.25, 0.3) is 72.2 Å². The molecule has 4 aliphatic carbocycles. The van der Waals surface area contributed by atoms with Gasteiger partial charge in [-0.3, -0.25) is 0 Å². The molecular weight excluding hydrogens is 725 g/mol. The highest BCUT2D eigenvalue weighted by Crippen LogP contribution is 2.46. The highest BCUT2D eigenvalue weighted by atomic mass is 15.1. The molecule has 2 nitrogen and oxygen atoms in total. The maximum absolute atomic E-state index is 2.56. The minimum Gasteiger partial charge on any atom is -0.344 e. The summed E-state index contributed by atoms with van der Waals surface area (Å²) in [6, 6.07) is 55.8. The third-order valence-corrected chi connectivity index (χ3v) is 13.7. The molecular formula is C58H46N2. The van der Waals surface area contributed by atoms with Crippen LogP contribution in [-0.2, 0) is 19.3 Å². The van der Waals surface area contributed by atoms with Crippen LogP contribution in [0.4, 0.5) is 11.4 Å². The van der Waals surface area contributed by atoms with Crippen LogP contribution in [-0.4, -0.2) is 11.4 Å². The predicted octanol–water partition coefficient (Wildman–Crippen LogP) is 15.1. The van der Waals surface area contributed by atoms with Gasteiger partial charge in [0.25, 0.3) is 0 Å². The smallest absolute Gasteiger partial charge is 0.0617 e. The molecule has 0 aliphatic heterocycles. The van der Waals surface area contributed by atoms with Gasteiger partial charge >= 0.3 is 0 Å². The topological polar surface area (TPSA) is 7.65 Å². The Morgan fingerprint density at radius 2 is 1.28 bits per heavy atom. The van der Waals surface area contributed by atoms with E-state index in [1.165, 1.54) is 125 Å². The molecule has 60 heavy (non-hydrogen) atoms. The van der Waals surface area contributed by atoms with Crippen molar-refractivity contribution in [1.29, 1.82) is 0 Å². The maximum atomic E-state index is 2.56. The van der Waals surface area contributed by atoms with Crippen molar-refractivity contribution in [2.75, 3.05) is 11.9 Å². The predicted molar refractivity (Wildman–Crippen MR) is 255 cm³/mol. The van der Waals surface area contributed by atoms with Gasteiger partial charge in [-0.2, -0.15) is 0 Å². The second-order valence-corrected chi connectivity index (χ2v) is 17.0. The highest BCUT2D eigenvalue weighted by Gasteiger charge is 2.26. The lowest BCUT2D eigenvalue weighted by molar-refractivity contribution is 0.886. The Bertz CT molecular complexity index is 3230. The molecule has 0 atom stereocenters. The van der Waals surface area contributed by atoms with E-state index in [-0.39, 0.29) is 0 Å². The molecule has 13 rings (SSSR count). The number of para-hydroxylation sites is 1. The zero-order valence-electron chi connectivity index (χ0n) is 34.1. The molecule has 0 saturated heterocycles. The Hall–Kier alpha value is -6.90. The number of fused-ring (bicyclic) bond motifs is 11. The van der Waals surface area contributed by atoms with Crippen molar-refractivity contribution in [1.82, 2.24) is 4.40 Å². The van der Waals surface area contributed by atoms with Crippen molar-refractivity contribution < 1.29 is 0 Å². The average Bonchev–Trinajstić information content (AvgIpc) is 4.02. The third kappa shape index (κ3) is 5.54. The van der Waals surface area contributed by atoms with Gasteiger partial charge in [-0.05, 0) is 130 Å². The maximum Gasteiger partial charge on any atom is 0.0617 e. The van der Waals surface area contributed by atoms with Crippen molar-refractivity contribution in [2.24, 2.45) is 0 Å². The van der Waals surface area contributed by atoms with Gasteiger partial charge in [-0.15, -0.1) is 0 Å². The van der Waals surface area contributed by atoms with Crippen LogP contribution in [0.3, 0.4) is 0 Å². The van der Waals surface area contributed by atoms with E-state index in [9.17, 15) is 0 Å². The molecule has 2 heteroatoms. The van der Waals surface area contributed by atoms with Crippen LogP contribution < -0.4 is 4.90 Å². The van der Waals surface area contributed by atoms with E-state index in [2.05, 4.69) is 192 Å². The van der Waals surface area contributed by atoms with Crippen LogP contribution in [0.15, 0.2) is 175 Å². The highest BCUT2D eigenvalue weighted by molar-refractivity contribution is 6.21. The van der Waals surface area contributed by atoms with Crippen LogP contribution in [0.2, 0.25) is 0 Å². The number of hydrogen-bond acceptors (Lipinski definition) is 1. The molecule has 0 bridgehead atoms. The van der Waals surface area contributed by atoms with Gasteiger partial charge in [0.05, 0.1) is 11.0 Å². The van der Waals surface area contributed by atoms with E-state index in [4.69, 9.17) is 0 Å². The van der Waals surface area contributed by atoms with E-state index in [1.54, 1.807) is 11.1 Å². The van der Waals surface area contributed by atoms with Crippen molar-refractivity contribution in [3.63, 3.8) is 0 Å². The average molecular weight is 771 g/mol. The fraction of sp³-hybridized carbons (Fsp3) is 0.138. The Morgan fingerprint density at radius 1 is 0.533 bits per heavy atom. The number of aryl methyl sites for hydroxylation is 1. The van der Waals surface area contributed by atoms with Gasteiger partial charge in [0.1, 0.15) is 0 Å². The molecule has 0 amide bonds. The molecule has 0 unspecified atom stereocenters. The summed E-state index contributed by atoms with van der Waals surface area (Å²) in [7, 11) is 2.16. The minimum atomic E-state index is 1.03. The Morgan fingerprint density at radius 3 is 2.20 bits per heavy atom.